The molecule has 0 aliphatic heterocycles. The maximum atomic E-state index is 10.8. The highest BCUT2D eigenvalue weighted by Crippen LogP contribution is 2.27. The van der Waals surface area contributed by atoms with Crippen LogP contribution >= 0.6 is 27.3 Å². The van der Waals surface area contributed by atoms with Gasteiger partial charge in [0.1, 0.15) is 0 Å². The minimum atomic E-state index is -0.918. The minimum absolute atomic E-state index is 0.286. The Bertz CT molecular complexity index is 491. The maximum Gasteiger partial charge on any atom is 0.336 e. The van der Waals surface area contributed by atoms with Crippen LogP contribution in [0, 0.1) is 0 Å². The summed E-state index contributed by atoms with van der Waals surface area (Å²) in [5.74, 6) is -0.918. The summed E-state index contributed by atoms with van der Waals surface area (Å²) < 4.78 is 0.610. The first kappa shape index (κ1) is 10.4. The van der Waals surface area contributed by atoms with Gasteiger partial charge >= 0.3 is 5.97 Å². The average Bonchev–Trinajstić information content (AvgIpc) is 2.69. The highest BCUT2D eigenvalue weighted by Gasteiger charge is 2.09. The Hall–Kier alpha value is -1.13. The first-order valence-electron chi connectivity index (χ1n) is 4.24. The maximum absolute atomic E-state index is 10.8. The van der Waals surface area contributed by atoms with Crippen molar-refractivity contribution in [2.24, 2.45) is 0 Å². The van der Waals surface area contributed by atoms with Crippen molar-refractivity contribution < 1.29 is 9.90 Å². The van der Waals surface area contributed by atoms with Crippen molar-refractivity contribution in [2.45, 2.75) is 0 Å². The van der Waals surface area contributed by atoms with Crippen LogP contribution in [0.5, 0.6) is 0 Å². The van der Waals surface area contributed by atoms with Crippen LogP contribution < -0.4 is 0 Å². The van der Waals surface area contributed by atoms with Gasteiger partial charge in [-0.3, -0.25) is 0 Å². The van der Waals surface area contributed by atoms with E-state index in [0.717, 1.165) is 11.1 Å². The molecule has 0 unspecified atom stereocenters. The molecule has 0 bridgehead atoms. The molecule has 0 aliphatic carbocycles. The Labute approximate surface area is 99.3 Å². The number of rotatable bonds is 2. The van der Waals surface area contributed by atoms with E-state index in [1.807, 2.05) is 29.0 Å². The average molecular weight is 283 g/mol. The zero-order valence-corrected chi connectivity index (χ0v) is 10.0. The summed E-state index contributed by atoms with van der Waals surface area (Å²) in [6, 6.07) is 7.26. The molecule has 1 N–H and O–H groups in total. The second-order valence-corrected chi connectivity index (χ2v) is 4.65. The van der Waals surface area contributed by atoms with E-state index in [1.165, 1.54) is 0 Å². The topological polar surface area (TPSA) is 37.3 Å². The second-order valence-electron chi connectivity index (χ2n) is 3.01. The van der Waals surface area contributed by atoms with Crippen LogP contribution in [0.3, 0.4) is 0 Å². The quantitative estimate of drug-likeness (QED) is 0.908. The molecule has 1 aromatic carbocycles. The molecule has 0 radical (unpaired) electrons. The van der Waals surface area contributed by atoms with Crippen LogP contribution in [-0.4, -0.2) is 11.1 Å². The summed E-state index contributed by atoms with van der Waals surface area (Å²) in [6.07, 6.45) is 0. The molecule has 2 nitrogen and oxygen atoms in total. The summed E-state index contributed by atoms with van der Waals surface area (Å²) in [7, 11) is 0. The number of carbonyl (C=O) groups is 1. The number of carboxylic acids is 1. The Morgan fingerprint density at radius 3 is 2.60 bits per heavy atom. The molecule has 1 aromatic heterocycles. The number of hydrogen-bond acceptors (Lipinski definition) is 2. The van der Waals surface area contributed by atoms with E-state index in [4.69, 9.17) is 5.11 Å². The number of thiophene rings is 1. The molecule has 0 fully saturated rings. The highest BCUT2D eigenvalue weighted by molar-refractivity contribution is 9.10. The fourth-order valence-electron chi connectivity index (χ4n) is 1.30. The SMILES string of the molecule is O=C(O)c1ccc(-c2ccsc2)cc1Br. The molecule has 0 spiro atoms. The van der Waals surface area contributed by atoms with Crippen molar-refractivity contribution in [3.05, 3.63) is 45.1 Å². The molecule has 0 saturated carbocycles. The van der Waals surface area contributed by atoms with Crippen LogP contribution in [0.4, 0.5) is 0 Å². The summed E-state index contributed by atoms with van der Waals surface area (Å²) >= 11 is 4.87. The minimum Gasteiger partial charge on any atom is -0.478 e. The lowest BCUT2D eigenvalue weighted by Gasteiger charge is -2.02. The molecule has 0 aliphatic rings. The predicted octanol–water partition coefficient (Wildman–Crippen LogP) is 3.88. The van der Waals surface area contributed by atoms with Crippen molar-refractivity contribution in [3.8, 4) is 11.1 Å². The lowest BCUT2D eigenvalue weighted by Crippen LogP contribution is -1.97. The molecule has 0 amide bonds. The molecule has 76 valence electrons. The van der Waals surface area contributed by atoms with Crippen LogP contribution in [0.15, 0.2) is 39.5 Å². The third-order valence-corrected chi connectivity index (χ3v) is 3.39. The first-order chi connectivity index (χ1) is 7.18. The lowest BCUT2D eigenvalue weighted by molar-refractivity contribution is 0.0696. The van der Waals surface area contributed by atoms with E-state index < -0.39 is 5.97 Å². The highest BCUT2D eigenvalue weighted by atomic mass is 79.9. The van der Waals surface area contributed by atoms with Gasteiger partial charge in [0.05, 0.1) is 5.56 Å². The Morgan fingerprint density at radius 1 is 1.27 bits per heavy atom. The largest absolute Gasteiger partial charge is 0.478 e. The zero-order valence-electron chi connectivity index (χ0n) is 7.61. The number of carboxylic acid groups (broad SMARTS) is 1. The van der Waals surface area contributed by atoms with Gasteiger partial charge in [0.2, 0.25) is 0 Å². The Balaban J connectivity index is 2.47. The monoisotopic (exact) mass is 282 g/mol. The number of hydrogen-bond donors (Lipinski definition) is 1. The van der Waals surface area contributed by atoms with Gasteiger partial charge < -0.3 is 5.11 Å². The predicted molar refractivity (Wildman–Crippen MR) is 64.4 cm³/mol. The molecular formula is C11H7BrO2S. The summed E-state index contributed by atoms with van der Waals surface area (Å²) in [6.45, 7) is 0. The molecule has 1 heterocycles. The van der Waals surface area contributed by atoms with Crippen molar-refractivity contribution in [3.63, 3.8) is 0 Å². The summed E-state index contributed by atoms with van der Waals surface area (Å²) in [5.41, 5.74) is 2.42. The third kappa shape index (κ3) is 2.11. The number of benzene rings is 1. The second kappa shape index (κ2) is 4.16. The molecule has 4 heteroatoms. The number of aromatic carboxylic acids is 1. The van der Waals surface area contributed by atoms with Gasteiger partial charge in [-0.05, 0) is 56.0 Å². The molecule has 2 aromatic rings. The van der Waals surface area contributed by atoms with Gasteiger partial charge in [-0.25, -0.2) is 4.79 Å². The Morgan fingerprint density at radius 2 is 2.07 bits per heavy atom. The summed E-state index contributed by atoms with van der Waals surface area (Å²) in [4.78, 5) is 10.8. The first-order valence-corrected chi connectivity index (χ1v) is 5.97. The third-order valence-electron chi connectivity index (χ3n) is 2.05. The molecule has 0 saturated heterocycles. The Kier molecular flexibility index (Phi) is 2.88. The van der Waals surface area contributed by atoms with Crippen molar-refractivity contribution in [2.75, 3.05) is 0 Å². The molecular weight excluding hydrogens is 276 g/mol. The standard InChI is InChI=1S/C11H7BrO2S/c12-10-5-7(8-3-4-15-6-8)1-2-9(10)11(13)14/h1-6H,(H,13,14). The van der Waals surface area contributed by atoms with E-state index in [0.29, 0.717) is 4.47 Å². The van der Waals surface area contributed by atoms with Gasteiger partial charge in [0.15, 0.2) is 0 Å². The normalized spacial score (nSPS) is 10.2. The lowest BCUT2D eigenvalue weighted by atomic mass is 10.1. The molecule has 15 heavy (non-hydrogen) atoms. The zero-order chi connectivity index (χ0) is 10.8. The van der Waals surface area contributed by atoms with Crippen molar-refractivity contribution >= 4 is 33.2 Å². The molecule has 0 atom stereocenters. The van der Waals surface area contributed by atoms with Crippen LogP contribution in [-0.2, 0) is 0 Å². The molecule has 2 rings (SSSR count). The van der Waals surface area contributed by atoms with E-state index in [2.05, 4.69) is 15.9 Å². The van der Waals surface area contributed by atoms with Crippen molar-refractivity contribution in [1.29, 1.82) is 0 Å². The van der Waals surface area contributed by atoms with Gasteiger partial charge in [-0.2, -0.15) is 11.3 Å². The van der Waals surface area contributed by atoms with E-state index in [1.54, 1.807) is 17.4 Å². The fraction of sp³-hybridized carbons (Fsp3) is 0. The smallest absolute Gasteiger partial charge is 0.336 e. The van der Waals surface area contributed by atoms with E-state index in [9.17, 15) is 4.79 Å². The van der Waals surface area contributed by atoms with Gasteiger partial charge in [-0.1, -0.05) is 6.07 Å². The number of halogens is 1. The van der Waals surface area contributed by atoms with E-state index in [-0.39, 0.29) is 5.56 Å². The van der Waals surface area contributed by atoms with Gasteiger partial charge in [-0.15, -0.1) is 0 Å². The van der Waals surface area contributed by atoms with E-state index >= 15 is 0 Å². The van der Waals surface area contributed by atoms with Crippen LogP contribution in [0.25, 0.3) is 11.1 Å². The van der Waals surface area contributed by atoms with Crippen molar-refractivity contribution in [1.82, 2.24) is 0 Å². The van der Waals surface area contributed by atoms with Crippen LogP contribution in [0.2, 0.25) is 0 Å². The summed E-state index contributed by atoms with van der Waals surface area (Å²) in [5, 5.41) is 12.9. The van der Waals surface area contributed by atoms with Crippen LogP contribution in [0.1, 0.15) is 10.4 Å². The van der Waals surface area contributed by atoms with Gasteiger partial charge in [0.25, 0.3) is 0 Å². The van der Waals surface area contributed by atoms with Gasteiger partial charge in [0, 0.05) is 4.47 Å². The fourth-order valence-corrected chi connectivity index (χ4v) is 2.51.